The molecule has 1 atom stereocenters. The SMILES string of the molecule is CS(=O)(=O)N(CC(=O)O)CC1CN(C(=O)c2ccc(F)c(F)c2)CCO1. The number of nitrogens with zero attached hydrogens (tertiary/aromatic N) is 2. The summed E-state index contributed by atoms with van der Waals surface area (Å²) < 4.78 is 55.9. The molecule has 1 fully saturated rings. The first-order valence-corrected chi connectivity index (χ1v) is 9.45. The first-order valence-electron chi connectivity index (χ1n) is 7.60. The van der Waals surface area contributed by atoms with Crippen LogP contribution >= 0.6 is 0 Å². The maximum Gasteiger partial charge on any atom is 0.318 e. The van der Waals surface area contributed by atoms with Crippen molar-refractivity contribution in [1.82, 2.24) is 9.21 Å². The lowest BCUT2D eigenvalue weighted by Gasteiger charge is -2.34. The number of benzene rings is 1. The van der Waals surface area contributed by atoms with Gasteiger partial charge in [0.25, 0.3) is 5.91 Å². The fourth-order valence-electron chi connectivity index (χ4n) is 2.52. The Hall–Kier alpha value is -2.11. The Balaban J connectivity index is 2.09. The molecule has 0 aliphatic carbocycles. The van der Waals surface area contributed by atoms with E-state index in [4.69, 9.17) is 9.84 Å². The normalized spacial score (nSPS) is 18.2. The molecule has 0 bridgehead atoms. The molecule has 1 aromatic carbocycles. The van der Waals surface area contributed by atoms with Crippen LogP contribution in [0, 0.1) is 11.6 Å². The number of ether oxygens (including phenoxy) is 1. The van der Waals surface area contributed by atoms with Gasteiger partial charge >= 0.3 is 5.97 Å². The highest BCUT2D eigenvalue weighted by atomic mass is 32.2. The summed E-state index contributed by atoms with van der Waals surface area (Å²) in [5.41, 5.74) is -0.0462. The van der Waals surface area contributed by atoms with Crippen molar-refractivity contribution in [2.24, 2.45) is 0 Å². The highest BCUT2D eigenvalue weighted by Gasteiger charge is 2.30. The summed E-state index contributed by atoms with van der Waals surface area (Å²) >= 11 is 0. The van der Waals surface area contributed by atoms with Gasteiger partial charge in [0.1, 0.15) is 6.54 Å². The van der Waals surface area contributed by atoms with Crippen molar-refractivity contribution in [2.75, 3.05) is 39.0 Å². The lowest BCUT2D eigenvalue weighted by atomic mass is 10.1. The van der Waals surface area contributed by atoms with Gasteiger partial charge in [0, 0.05) is 25.2 Å². The number of sulfonamides is 1. The van der Waals surface area contributed by atoms with Crippen LogP contribution in [0.5, 0.6) is 0 Å². The predicted octanol–water partition coefficient (Wildman–Crippen LogP) is 0.152. The first kappa shape index (κ1) is 20.2. The molecule has 0 aromatic heterocycles. The van der Waals surface area contributed by atoms with Crippen LogP contribution in [0.15, 0.2) is 18.2 Å². The molecule has 2 rings (SSSR count). The third kappa shape index (κ3) is 5.19. The Bertz CT molecular complexity index is 801. The van der Waals surface area contributed by atoms with E-state index in [0.29, 0.717) is 0 Å². The van der Waals surface area contributed by atoms with E-state index < -0.39 is 46.2 Å². The van der Waals surface area contributed by atoms with Crippen LogP contribution in [0.4, 0.5) is 8.78 Å². The lowest BCUT2D eigenvalue weighted by molar-refractivity contribution is -0.137. The number of carbonyl (C=O) groups excluding carboxylic acids is 1. The molecule has 26 heavy (non-hydrogen) atoms. The average molecular weight is 392 g/mol. The number of hydrogen-bond donors (Lipinski definition) is 1. The molecular formula is C15H18F2N2O6S. The first-order chi connectivity index (χ1) is 12.1. The number of rotatable bonds is 6. The Morgan fingerprint density at radius 3 is 2.62 bits per heavy atom. The number of amides is 1. The average Bonchev–Trinajstić information content (AvgIpc) is 2.55. The molecule has 1 heterocycles. The molecule has 1 aromatic rings. The quantitative estimate of drug-likeness (QED) is 0.739. The summed E-state index contributed by atoms with van der Waals surface area (Å²) in [4.78, 5) is 24.6. The zero-order valence-corrected chi connectivity index (χ0v) is 14.7. The number of carboxylic acid groups (broad SMARTS) is 1. The van der Waals surface area contributed by atoms with Gasteiger partial charge in [-0.2, -0.15) is 4.31 Å². The van der Waals surface area contributed by atoms with E-state index in [2.05, 4.69) is 0 Å². The molecule has 0 spiro atoms. The van der Waals surface area contributed by atoms with Gasteiger partial charge in [-0.1, -0.05) is 0 Å². The van der Waals surface area contributed by atoms with Crippen molar-refractivity contribution >= 4 is 21.9 Å². The Morgan fingerprint density at radius 1 is 1.35 bits per heavy atom. The minimum absolute atomic E-state index is 0.0104. The number of aliphatic carboxylic acids is 1. The number of halogens is 2. The van der Waals surface area contributed by atoms with Gasteiger partial charge in [0.2, 0.25) is 10.0 Å². The van der Waals surface area contributed by atoms with Crippen molar-refractivity contribution in [1.29, 1.82) is 0 Å². The van der Waals surface area contributed by atoms with Crippen molar-refractivity contribution in [2.45, 2.75) is 6.10 Å². The molecule has 1 amide bonds. The third-order valence-electron chi connectivity index (χ3n) is 3.78. The number of hydrogen-bond acceptors (Lipinski definition) is 5. The maximum absolute atomic E-state index is 13.3. The monoisotopic (exact) mass is 392 g/mol. The van der Waals surface area contributed by atoms with E-state index in [9.17, 15) is 26.8 Å². The predicted molar refractivity (Wildman–Crippen MR) is 86.1 cm³/mol. The molecule has 1 saturated heterocycles. The maximum atomic E-state index is 13.3. The standard InChI is InChI=1S/C15H18F2N2O6S/c1-26(23,24)19(9-14(20)21)8-11-7-18(4-5-25-11)15(22)10-2-3-12(16)13(17)6-10/h2-3,6,11H,4-5,7-9H2,1H3,(H,20,21). The van der Waals surface area contributed by atoms with Gasteiger partial charge in [-0.05, 0) is 18.2 Å². The molecule has 1 aliphatic heterocycles. The summed E-state index contributed by atoms with van der Waals surface area (Å²) in [6.07, 6.45) is 0.135. The van der Waals surface area contributed by atoms with Crippen molar-refractivity contribution in [3.8, 4) is 0 Å². The van der Waals surface area contributed by atoms with E-state index in [1.54, 1.807) is 0 Å². The van der Waals surface area contributed by atoms with Gasteiger partial charge in [-0.3, -0.25) is 9.59 Å². The number of carboxylic acids is 1. The van der Waals surface area contributed by atoms with Crippen molar-refractivity contribution < 1.29 is 36.6 Å². The van der Waals surface area contributed by atoms with Crippen LogP contribution in [-0.4, -0.2) is 79.8 Å². The molecule has 1 unspecified atom stereocenters. The van der Waals surface area contributed by atoms with E-state index in [0.717, 1.165) is 28.8 Å². The molecule has 11 heteroatoms. The minimum Gasteiger partial charge on any atom is -0.480 e. The molecule has 1 N–H and O–H groups in total. The third-order valence-corrected chi connectivity index (χ3v) is 5.00. The minimum atomic E-state index is -3.78. The molecule has 0 radical (unpaired) electrons. The van der Waals surface area contributed by atoms with E-state index >= 15 is 0 Å². The molecule has 1 aliphatic rings. The van der Waals surface area contributed by atoms with Crippen LogP contribution in [-0.2, 0) is 19.6 Å². The summed E-state index contributed by atoms with van der Waals surface area (Å²) in [7, 11) is -3.78. The second kappa shape index (κ2) is 8.06. The summed E-state index contributed by atoms with van der Waals surface area (Å²) in [5.74, 6) is -4.09. The van der Waals surface area contributed by atoms with E-state index in [-0.39, 0.29) is 31.8 Å². The zero-order valence-electron chi connectivity index (χ0n) is 13.9. The van der Waals surface area contributed by atoms with E-state index in [1.807, 2.05) is 0 Å². The van der Waals surface area contributed by atoms with Gasteiger partial charge in [0.05, 0.1) is 19.0 Å². The Morgan fingerprint density at radius 2 is 2.04 bits per heavy atom. The highest BCUT2D eigenvalue weighted by Crippen LogP contribution is 2.15. The largest absolute Gasteiger partial charge is 0.480 e. The topological polar surface area (TPSA) is 104 Å². The number of carbonyl (C=O) groups is 2. The van der Waals surface area contributed by atoms with Crippen LogP contribution in [0.25, 0.3) is 0 Å². The lowest BCUT2D eigenvalue weighted by Crippen LogP contribution is -2.51. The smallest absolute Gasteiger partial charge is 0.318 e. The van der Waals surface area contributed by atoms with Crippen molar-refractivity contribution in [3.63, 3.8) is 0 Å². The second-order valence-electron chi connectivity index (χ2n) is 5.82. The van der Waals surface area contributed by atoms with Gasteiger partial charge in [-0.25, -0.2) is 17.2 Å². The summed E-state index contributed by atoms with van der Waals surface area (Å²) in [5, 5.41) is 8.84. The van der Waals surface area contributed by atoms with Gasteiger partial charge < -0.3 is 14.7 Å². The van der Waals surface area contributed by atoms with Crippen LogP contribution in [0.1, 0.15) is 10.4 Å². The van der Waals surface area contributed by atoms with Crippen LogP contribution in [0.3, 0.4) is 0 Å². The summed E-state index contributed by atoms with van der Waals surface area (Å²) in [6, 6.07) is 2.78. The zero-order chi connectivity index (χ0) is 19.5. The number of morpholine rings is 1. The fourth-order valence-corrected chi connectivity index (χ4v) is 3.30. The highest BCUT2D eigenvalue weighted by molar-refractivity contribution is 7.88. The molecule has 144 valence electrons. The second-order valence-corrected chi connectivity index (χ2v) is 7.80. The Labute approximate surface area is 149 Å². The fraction of sp³-hybridized carbons (Fsp3) is 0.467. The Kier molecular flexibility index (Phi) is 6.26. The molecular weight excluding hydrogens is 374 g/mol. The van der Waals surface area contributed by atoms with Crippen LogP contribution < -0.4 is 0 Å². The van der Waals surface area contributed by atoms with Crippen molar-refractivity contribution in [3.05, 3.63) is 35.4 Å². The molecule has 0 saturated carbocycles. The van der Waals surface area contributed by atoms with Gasteiger partial charge in [0.15, 0.2) is 11.6 Å². The van der Waals surface area contributed by atoms with E-state index in [1.165, 1.54) is 4.90 Å². The van der Waals surface area contributed by atoms with Gasteiger partial charge in [-0.15, -0.1) is 0 Å². The molecule has 8 nitrogen and oxygen atoms in total. The van der Waals surface area contributed by atoms with Crippen LogP contribution in [0.2, 0.25) is 0 Å². The summed E-state index contributed by atoms with van der Waals surface area (Å²) in [6.45, 7) is -0.692.